The van der Waals surface area contributed by atoms with Crippen LogP contribution in [-0.4, -0.2) is 25.5 Å². The lowest BCUT2D eigenvalue weighted by atomic mass is 10.00. The average molecular weight is 342 g/mol. The molecule has 1 aliphatic heterocycles. The van der Waals surface area contributed by atoms with Gasteiger partial charge in [0.25, 0.3) is 0 Å². The minimum absolute atomic E-state index is 0.105. The molecule has 1 heterocycles. The van der Waals surface area contributed by atoms with Crippen LogP contribution in [0.15, 0.2) is 48.2 Å². The first-order valence-electron chi connectivity index (χ1n) is 7.62. The van der Waals surface area contributed by atoms with Crippen LogP contribution in [0.2, 0.25) is 0 Å². The number of fused-ring (bicyclic) bond motifs is 1. The molecule has 0 bridgehead atoms. The summed E-state index contributed by atoms with van der Waals surface area (Å²) >= 11 is 0. The highest BCUT2D eigenvalue weighted by Crippen LogP contribution is 2.40. The lowest BCUT2D eigenvalue weighted by molar-refractivity contribution is -0.137. The second-order valence-electron chi connectivity index (χ2n) is 5.25. The predicted octanol–water partition coefficient (Wildman–Crippen LogP) is 3.52. The molecule has 0 aliphatic carbocycles. The summed E-state index contributed by atoms with van der Waals surface area (Å²) in [6.07, 6.45) is 1.02. The molecule has 6 heteroatoms. The van der Waals surface area contributed by atoms with Crippen LogP contribution in [-0.2, 0) is 9.53 Å². The maximum Gasteiger partial charge on any atom is 0.334 e. The van der Waals surface area contributed by atoms with Gasteiger partial charge in [0.1, 0.15) is 17.3 Å². The lowest BCUT2D eigenvalue weighted by Crippen LogP contribution is -2.06. The Morgan fingerprint density at radius 3 is 2.56 bits per heavy atom. The molecule has 1 aliphatic rings. The summed E-state index contributed by atoms with van der Waals surface area (Å²) in [5, 5.41) is 0. The number of halogens is 1. The molecule has 0 fully saturated rings. The number of Topliss-reactive ketones (excluding diaryl/α,β-unsaturated/α-hetero) is 1. The van der Waals surface area contributed by atoms with Crippen LogP contribution in [0.25, 0.3) is 11.1 Å². The van der Waals surface area contributed by atoms with Gasteiger partial charge in [0.15, 0.2) is 5.76 Å². The quantitative estimate of drug-likeness (QED) is 0.628. The first kappa shape index (κ1) is 16.7. The molecule has 2 aromatic rings. The molecular formula is C19H15FO5. The number of ether oxygens (including phenoxy) is 3. The number of rotatable bonds is 4. The van der Waals surface area contributed by atoms with E-state index in [9.17, 15) is 14.0 Å². The summed E-state index contributed by atoms with van der Waals surface area (Å²) in [6, 6.07) is 9.01. The fraction of sp³-hybridized carbons (Fsp3) is 0.158. The van der Waals surface area contributed by atoms with Gasteiger partial charge in [-0.25, -0.2) is 9.18 Å². The van der Waals surface area contributed by atoms with Gasteiger partial charge in [0.2, 0.25) is 5.78 Å². The highest BCUT2D eigenvalue weighted by molar-refractivity contribution is 6.15. The summed E-state index contributed by atoms with van der Waals surface area (Å²) < 4.78 is 28.7. The van der Waals surface area contributed by atoms with Crippen molar-refractivity contribution in [3.05, 3.63) is 59.6 Å². The number of methoxy groups -OCH3 is 1. The van der Waals surface area contributed by atoms with Gasteiger partial charge < -0.3 is 14.2 Å². The van der Waals surface area contributed by atoms with Gasteiger partial charge in [-0.1, -0.05) is 12.1 Å². The number of carbonyl (C=O) groups excluding carboxylic acids is 2. The molecule has 128 valence electrons. The molecule has 5 nitrogen and oxygen atoms in total. The van der Waals surface area contributed by atoms with Gasteiger partial charge in [0.05, 0.1) is 25.4 Å². The summed E-state index contributed by atoms with van der Waals surface area (Å²) in [4.78, 5) is 24.0. The average Bonchev–Trinajstić information content (AvgIpc) is 2.90. The molecule has 25 heavy (non-hydrogen) atoms. The van der Waals surface area contributed by atoms with Crippen LogP contribution in [0.1, 0.15) is 17.3 Å². The van der Waals surface area contributed by atoms with Crippen LogP contribution in [0.4, 0.5) is 4.39 Å². The largest absolute Gasteiger partial charge is 0.496 e. The molecule has 0 N–H and O–H groups in total. The summed E-state index contributed by atoms with van der Waals surface area (Å²) in [6.45, 7) is 1.87. The molecule has 0 saturated carbocycles. The van der Waals surface area contributed by atoms with Gasteiger partial charge in [-0.2, -0.15) is 0 Å². The van der Waals surface area contributed by atoms with E-state index in [1.54, 1.807) is 31.2 Å². The zero-order valence-electron chi connectivity index (χ0n) is 13.7. The van der Waals surface area contributed by atoms with Gasteiger partial charge >= 0.3 is 5.97 Å². The maximum absolute atomic E-state index is 13.1. The molecule has 3 rings (SSSR count). The van der Waals surface area contributed by atoms with E-state index in [0.717, 1.165) is 6.08 Å². The number of carbonyl (C=O) groups is 2. The van der Waals surface area contributed by atoms with E-state index in [4.69, 9.17) is 14.2 Å². The summed E-state index contributed by atoms with van der Waals surface area (Å²) in [5.74, 6) is -0.771. The first-order valence-corrected chi connectivity index (χ1v) is 7.62. The molecule has 0 aromatic heterocycles. The van der Waals surface area contributed by atoms with Crippen molar-refractivity contribution < 1.29 is 28.2 Å². The number of ketones is 1. The molecular weight excluding hydrogens is 327 g/mol. The number of esters is 1. The Kier molecular flexibility index (Phi) is 4.52. The normalized spacial score (nSPS) is 14.2. The van der Waals surface area contributed by atoms with Crippen LogP contribution < -0.4 is 9.47 Å². The van der Waals surface area contributed by atoms with E-state index >= 15 is 0 Å². The van der Waals surface area contributed by atoms with Gasteiger partial charge in [-0.05, 0) is 30.7 Å². The Morgan fingerprint density at radius 2 is 1.92 bits per heavy atom. The third kappa shape index (κ3) is 3.24. The van der Waals surface area contributed by atoms with E-state index < -0.39 is 11.8 Å². The van der Waals surface area contributed by atoms with Crippen molar-refractivity contribution in [2.45, 2.75) is 6.92 Å². The van der Waals surface area contributed by atoms with Crippen molar-refractivity contribution in [1.82, 2.24) is 0 Å². The monoisotopic (exact) mass is 342 g/mol. The fourth-order valence-electron chi connectivity index (χ4n) is 2.53. The van der Waals surface area contributed by atoms with Crippen molar-refractivity contribution in [3.63, 3.8) is 0 Å². The second kappa shape index (κ2) is 6.76. The Balaban J connectivity index is 2.02. The number of hydrogen-bond donors (Lipinski definition) is 0. The van der Waals surface area contributed by atoms with E-state index in [1.165, 1.54) is 19.2 Å². The van der Waals surface area contributed by atoms with Crippen molar-refractivity contribution in [2.24, 2.45) is 0 Å². The van der Waals surface area contributed by atoms with Crippen LogP contribution in [0.5, 0.6) is 11.5 Å². The van der Waals surface area contributed by atoms with Crippen LogP contribution in [0, 0.1) is 5.82 Å². The maximum atomic E-state index is 13.1. The highest BCUT2D eigenvalue weighted by atomic mass is 19.1. The zero-order chi connectivity index (χ0) is 18.0. The predicted molar refractivity (Wildman–Crippen MR) is 88.1 cm³/mol. The first-order chi connectivity index (χ1) is 12.0. The summed E-state index contributed by atoms with van der Waals surface area (Å²) in [5.41, 5.74) is 1.61. The highest BCUT2D eigenvalue weighted by Gasteiger charge is 2.30. The minimum atomic E-state index is -0.649. The Morgan fingerprint density at radius 1 is 1.20 bits per heavy atom. The molecule has 0 spiro atoms. The van der Waals surface area contributed by atoms with E-state index in [2.05, 4.69) is 0 Å². The Labute approximate surface area is 143 Å². The van der Waals surface area contributed by atoms with Crippen molar-refractivity contribution >= 4 is 11.8 Å². The molecule has 0 amide bonds. The van der Waals surface area contributed by atoms with Crippen molar-refractivity contribution in [1.29, 1.82) is 0 Å². The zero-order valence-corrected chi connectivity index (χ0v) is 13.7. The molecule has 2 aromatic carbocycles. The van der Waals surface area contributed by atoms with E-state index in [1.807, 2.05) is 0 Å². The number of benzene rings is 2. The second-order valence-corrected chi connectivity index (χ2v) is 5.25. The van der Waals surface area contributed by atoms with Crippen molar-refractivity contribution in [2.75, 3.05) is 13.7 Å². The van der Waals surface area contributed by atoms with Gasteiger partial charge in [-0.15, -0.1) is 0 Å². The molecule has 0 saturated heterocycles. The van der Waals surface area contributed by atoms with Gasteiger partial charge in [0, 0.05) is 11.6 Å². The standard InChI is InChI=1S/C19H15FO5/c1-3-24-18(21)10-17-19(22)14-8-13(11-4-6-12(20)7-5-11)15(23-2)9-16(14)25-17/h4-10H,3H2,1-2H3/b17-10-. The third-order valence-electron chi connectivity index (χ3n) is 3.68. The van der Waals surface area contributed by atoms with E-state index in [-0.39, 0.29) is 18.2 Å². The Bertz CT molecular complexity index is 868. The number of hydrogen-bond acceptors (Lipinski definition) is 5. The van der Waals surface area contributed by atoms with E-state index in [0.29, 0.717) is 28.2 Å². The molecule has 0 unspecified atom stereocenters. The third-order valence-corrected chi connectivity index (χ3v) is 3.68. The van der Waals surface area contributed by atoms with Crippen LogP contribution in [0.3, 0.4) is 0 Å². The van der Waals surface area contributed by atoms with Crippen molar-refractivity contribution in [3.8, 4) is 22.6 Å². The Hall–Kier alpha value is -3.15. The smallest absolute Gasteiger partial charge is 0.334 e. The molecule has 0 atom stereocenters. The fourth-order valence-corrected chi connectivity index (χ4v) is 2.53. The summed E-state index contributed by atoms with van der Waals surface area (Å²) in [7, 11) is 1.49. The van der Waals surface area contributed by atoms with Crippen LogP contribution >= 0.6 is 0 Å². The minimum Gasteiger partial charge on any atom is -0.496 e. The van der Waals surface area contributed by atoms with Gasteiger partial charge in [-0.3, -0.25) is 4.79 Å². The SMILES string of the molecule is CCOC(=O)/C=C1\Oc2cc(OC)c(-c3ccc(F)cc3)cc2C1=O. The topological polar surface area (TPSA) is 61.8 Å². The molecule has 0 radical (unpaired) electrons. The number of allylic oxidation sites excluding steroid dienone is 1. The lowest BCUT2D eigenvalue weighted by Gasteiger charge is -2.10.